The van der Waals surface area contributed by atoms with Crippen LogP contribution in [0.1, 0.15) is 43.6 Å². The van der Waals surface area contributed by atoms with Crippen molar-refractivity contribution in [2.24, 2.45) is 0 Å². The summed E-state index contributed by atoms with van der Waals surface area (Å²) in [6, 6.07) is 17.6. The molecule has 0 aliphatic carbocycles. The number of carbonyl (C=O) groups excluding carboxylic acids is 2. The number of likely N-dealkylation sites (N-methyl/N-ethyl adjacent to an activating group) is 1. The second-order valence-electron chi connectivity index (χ2n) is 8.11. The van der Waals surface area contributed by atoms with E-state index in [1.54, 1.807) is 12.1 Å². The molecule has 150 valence electrons. The van der Waals surface area contributed by atoms with Crippen LogP contribution in [-0.2, 0) is 10.2 Å². The van der Waals surface area contributed by atoms with Gasteiger partial charge in [-0.25, -0.2) is 0 Å². The average Bonchev–Trinajstić information content (AvgIpc) is 2.69. The third kappa shape index (κ3) is 6.12. The van der Waals surface area contributed by atoms with Gasteiger partial charge in [-0.1, -0.05) is 51.1 Å². The van der Waals surface area contributed by atoms with Gasteiger partial charge in [-0.15, -0.1) is 0 Å². The normalized spacial score (nSPS) is 12.2. The van der Waals surface area contributed by atoms with Crippen molar-refractivity contribution < 1.29 is 9.59 Å². The quantitative estimate of drug-likeness (QED) is 0.773. The van der Waals surface area contributed by atoms with Gasteiger partial charge in [0.25, 0.3) is 5.91 Å². The Morgan fingerprint density at radius 2 is 1.57 bits per heavy atom. The lowest BCUT2D eigenvalue weighted by atomic mass is 9.87. The van der Waals surface area contributed by atoms with Crippen molar-refractivity contribution in [3.05, 3.63) is 65.7 Å². The van der Waals surface area contributed by atoms with E-state index in [-0.39, 0.29) is 29.8 Å². The summed E-state index contributed by atoms with van der Waals surface area (Å²) in [6.45, 7) is 8.89. The Bertz CT molecular complexity index is 780. The molecule has 0 aliphatic rings. The summed E-state index contributed by atoms with van der Waals surface area (Å²) in [6.07, 6.45) is 0. The van der Waals surface area contributed by atoms with Crippen molar-refractivity contribution in [2.75, 3.05) is 25.0 Å². The standard InChI is InChI=1S/C23H31N3O2/c1-17(26(5)20-9-7-6-8-10-20)15-24-21(27)16-25-22(28)18-11-13-19(14-12-18)23(2,3)4/h6-14,17H,15-16H2,1-5H3,(H,24,27)(H,25,28). The predicted molar refractivity (Wildman–Crippen MR) is 115 cm³/mol. The fourth-order valence-corrected chi connectivity index (χ4v) is 2.76. The first-order chi connectivity index (χ1) is 13.2. The molecule has 0 aliphatic heterocycles. The Morgan fingerprint density at radius 1 is 0.964 bits per heavy atom. The molecule has 28 heavy (non-hydrogen) atoms. The van der Waals surface area contributed by atoms with Crippen LogP contribution in [0.15, 0.2) is 54.6 Å². The summed E-state index contributed by atoms with van der Waals surface area (Å²) in [4.78, 5) is 26.4. The molecule has 2 aromatic carbocycles. The number of nitrogens with zero attached hydrogens (tertiary/aromatic N) is 1. The summed E-state index contributed by atoms with van der Waals surface area (Å²) in [5, 5.41) is 5.55. The van der Waals surface area contributed by atoms with Gasteiger partial charge in [-0.2, -0.15) is 0 Å². The maximum atomic E-state index is 12.2. The van der Waals surface area contributed by atoms with Crippen LogP contribution in [0.25, 0.3) is 0 Å². The van der Waals surface area contributed by atoms with E-state index in [9.17, 15) is 9.59 Å². The molecule has 2 amide bonds. The van der Waals surface area contributed by atoms with E-state index in [0.717, 1.165) is 5.69 Å². The fraction of sp³-hybridized carbons (Fsp3) is 0.391. The molecule has 2 rings (SSSR count). The molecule has 0 spiro atoms. The molecule has 2 N–H and O–H groups in total. The minimum absolute atomic E-state index is 0.0401. The zero-order valence-corrected chi connectivity index (χ0v) is 17.5. The van der Waals surface area contributed by atoms with Crippen LogP contribution < -0.4 is 15.5 Å². The summed E-state index contributed by atoms with van der Waals surface area (Å²) >= 11 is 0. The minimum Gasteiger partial charge on any atom is -0.370 e. The molecule has 1 unspecified atom stereocenters. The Morgan fingerprint density at radius 3 is 2.14 bits per heavy atom. The van der Waals surface area contributed by atoms with Gasteiger partial charge in [0.1, 0.15) is 0 Å². The molecule has 2 aromatic rings. The van der Waals surface area contributed by atoms with Gasteiger partial charge in [0.15, 0.2) is 0 Å². The van der Waals surface area contributed by atoms with E-state index in [1.165, 1.54) is 5.56 Å². The summed E-state index contributed by atoms with van der Waals surface area (Å²) in [7, 11) is 2.00. The van der Waals surface area contributed by atoms with Crippen molar-refractivity contribution in [1.29, 1.82) is 0 Å². The minimum atomic E-state index is -0.245. The van der Waals surface area contributed by atoms with Crippen molar-refractivity contribution in [3.8, 4) is 0 Å². The van der Waals surface area contributed by atoms with Crippen LogP contribution in [0.5, 0.6) is 0 Å². The molecule has 0 radical (unpaired) electrons. The number of benzene rings is 2. The maximum absolute atomic E-state index is 12.2. The number of amides is 2. The van der Waals surface area contributed by atoms with E-state index in [4.69, 9.17) is 0 Å². The summed E-state index contributed by atoms with van der Waals surface area (Å²) in [5.41, 5.74) is 2.85. The highest BCUT2D eigenvalue weighted by molar-refractivity contribution is 5.96. The van der Waals surface area contributed by atoms with Crippen molar-refractivity contribution >= 4 is 17.5 Å². The Kier molecular flexibility index (Phi) is 7.21. The Hall–Kier alpha value is -2.82. The molecule has 0 saturated heterocycles. The molecule has 5 heteroatoms. The van der Waals surface area contributed by atoms with Crippen LogP contribution in [0.3, 0.4) is 0 Å². The zero-order chi connectivity index (χ0) is 20.7. The van der Waals surface area contributed by atoms with Gasteiger partial charge < -0.3 is 15.5 Å². The number of anilines is 1. The first-order valence-corrected chi connectivity index (χ1v) is 9.62. The van der Waals surface area contributed by atoms with Gasteiger partial charge in [0.2, 0.25) is 5.91 Å². The van der Waals surface area contributed by atoms with Crippen LogP contribution in [-0.4, -0.2) is 38.0 Å². The molecular weight excluding hydrogens is 350 g/mol. The fourth-order valence-electron chi connectivity index (χ4n) is 2.76. The molecule has 0 fully saturated rings. The highest BCUT2D eigenvalue weighted by Crippen LogP contribution is 2.22. The van der Waals surface area contributed by atoms with Crippen molar-refractivity contribution in [3.63, 3.8) is 0 Å². The summed E-state index contributed by atoms with van der Waals surface area (Å²) < 4.78 is 0. The number of hydrogen-bond acceptors (Lipinski definition) is 3. The highest BCUT2D eigenvalue weighted by Gasteiger charge is 2.15. The van der Waals surface area contributed by atoms with Crippen molar-refractivity contribution in [1.82, 2.24) is 10.6 Å². The number of rotatable bonds is 7. The zero-order valence-electron chi connectivity index (χ0n) is 17.5. The first-order valence-electron chi connectivity index (χ1n) is 9.62. The maximum Gasteiger partial charge on any atom is 0.251 e. The lowest BCUT2D eigenvalue weighted by Crippen LogP contribution is -2.43. The first kappa shape index (κ1) is 21.5. The lowest BCUT2D eigenvalue weighted by Gasteiger charge is -2.27. The van der Waals surface area contributed by atoms with E-state index in [0.29, 0.717) is 12.1 Å². The molecule has 0 bridgehead atoms. The third-order valence-corrected chi connectivity index (χ3v) is 4.84. The number of hydrogen-bond donors (Lipinski definition) is 2. The third-order valence-electron chi connectivity index (χ3n) is 4.84. The van der Waals surface area contributed by atoms with Crippen LogP contribution in [0.2, 0.25) is 0 Å². The molecule has 0 heterocycles. The summed E-state index contributed by atoms with van der Waals surface area (Å²) in [5.74, 6) is -0.446. The van der Waals surface area contributed by atoms with E-state index in [2.05, 4.69) is 36.3 Å². The average molecular weight is 382 g/mol. The van der Waals surface area contributed by atoms with Gasteiger partial charge >= 0.3 is 0 Å². The second-order valence-corrected chi connectivity index (χ2v) is 8.11. The van der Waals surface area contributed by atoms with Crippen molar-refractivity contribution in [2.45, 2.75) is 39.2 Å². The molecule has 0 aromatic heterocycles. The molecule has 0 saturated carbocycles. The monoisotopic (exact) mass is 381 g/mol. The van der Waals surface area contributed by atoms with Gasteiger partial charge in [-0.3, -0.25) is 9.59 Å². The van der Waals surface area contributed by atoms with Gasteiger partial charge in [0.05, 0.1) is 6.54 Å². The second kappa shape index (κ2) is 9.40. The number of carbonyl (C=O) groups is 2. The largest absolute Gasteiger partial charge is 0.370 e. The predicted octanol–water partition coefficient (Wildman–Crippen LogP) is 3.36. The van der Waals surface area contributed by atoms with Gasteiger partial charge in [-0.05, 0) is 42.2 Å². The molecule has 5 nitrogen and oxygen atoms in total. The molecule has 1 atom stereocenters. The Labute approximate surface area is 168 Å². The van der Waals surface area contributed by atoms with Gasteiger partial charge in [0, 0.05) is 30.9 Å². The lowest BCUT2D eigenvalue weighted by molar-refractivity contribution is -0.120. The number of para-hydroxylation sites is 1. The highest BCUT2D eigenvalue weighted by atomic mass is 16.2. The smallest absolute Gasteiger partial charge is 0.251 e. The van der Waals surface area contributed by atoms with E-state index in [1.807, 2.05) is 56.4 Å². The van der Waals surface area contributed by atoms with Crippen LogP contribution in [0.4, 0.5) is 5.69 Å². The SMILES string of the molecule is CC(CNC(=O)CNC(=O)c1ccc(C(C)(C)C)cc1)N(C)c1ccccc1. The molecular formula is C23H31N3O2. The van der Waals surface area contributed by atoms with E-state index >= 15 is 0 Å². The van der Waals surface area contributed by atoms with E-state index < -0.39 is 0 Å². The Balaban J connectivity index is 1.78. The van der Waals surface area contributed by atoms with Crippen LogP contribution in [0, 0.1) is 0 Å². The number of nitrogens with one attached hydrogen (secondary N) is 2. The van der Waals surface area contributed by atoms with Crippen LogP contribution >= 0.6 is 0 Å². The topological polar surface area (TPSA) is 61.4 Å².